The van der Waals surface area contributed by atoms with Gasteiger partial charge in [-0.2, -0.15) is 0 Å². The highest BCUT2D eigenvalue weighted by molar-refractivity contribution is 7.89. The van der Waals surface area contributed by atoms with E-state index in [4.69, 9.17) is 5.11 Å². The highest BCUT2D eigenvalue weighted by Gasteiger charge is 2.19. The molecule has 0 aliphatic rings. The SMILES string of the molecule is CC(C)(C)CNS(=O)(=O)c1ccc(C(=O)O)cn1. The molecule has 0 amide bonds. The standard InChI is InChI=1S/C11H16N2O4S/c1-11(2,3)7-13-18(16,17)9-5-4-8(6-12-9)10(14)15/h4-6,13H,7H2,1-3H3,(H,14,15). The van der Waals surface area contributed by atoms with E-state index in [0.717, 1.165) is 6.20 Å². The van der Waals surface area contributed by atoms with Crippen LogP contribution in [0, 0.1) is 5.41 Å². The third kappa shape index (κ3) is 4.08. The molecule has 0 aromatic carbocycles. The summed E-state index contributed by atoms with van der Waals surface area (Å²) in [6.07, 6.45) is 1.02. The summed E-state index contributed by atoms with van der Waals surface area (Å²) >= 11 is 0. The first-order valence-electron chi connectivity index (χ1n) is 5.31. The van der Waals surface area contributed by atoms with Gasteiger partial charge in [0.25, 0.3) is 10.0 Å². The van der Waals surface area contributed by atoms with Gasteiger partial charge in [0.1, 0.15) is 0 Å². The first-order valence-corrected chi connectivity index (χ1v) is 6.79. The Morgan fingerprint density at radius 3 is 2.39 bits per heavy atom. The number of sulfonamides is 1. The zero-order chi connectivity index (χ0) is 14.0. The summed E-state index contributed by atoms with van der Waals surface area (Å²) in [7, 11) is -3.69. The van der Waals surface area contributed by atoms with Crippen LogP contribution in [0.2, 0.25) is 0 Å². The summed E-state index contributed by atoms with van der Waals surface area (Å²) in [5.74, 6) is -1.14. The second-order valence-electron chi connectivity index (χ2n) is 5.08. The smallest absolute Gasteiger partial charge is 0.337 e. The fourth-order valence-corrected chi connectivity index (χ4v) is 2.26. The Morgan fingerprint density at radius 1 is 1.39 bits per heavy atom. The van der Waals surface area contributed by atoms with Crippen molar-refractivity contribution in [3.8, 4) is 0 Å². The number of rotatable bonds is 4. The van der Waals surface area contributed by atoms with Gasteiger partial charge in [-0.3, -0.25) is 0 Å². The first-order chi connectivity index (χ1) is 8.12. The van der Waals surface area contributed by atoms with Crippen molar-refractivity contribution < 1.29 is 18.3 Å². The molecule has 2 N–H and O–H groups in total. The zero-order valence-electron chi connectivity index (χ0n) is 10.5. The van der Waals surface area contributed by atoms with Crippen LogP contribution < -0.4 is 4.72 Å². The minimum absolute atomic E-state index is 0.0511. The maximum Gasteiger partial charge on any atom is 0.337 e. The molecule has 1 aromatic heterocycles. The van der Waals surface area contributed by atoms with Gasteiger partial charge in [-0.25, -0.2) is 22.9 Å². The number of aromatic carboxylic acids is 1. The lowest BCUT2D eigenvalue weighted by Gasteiger charge is -2.18. The van der Waals surface area contributed by atoms with Crippen LogP contribution in [0.5, 0.6) is 0 Å². The summed E-state index contributed by atoms with van der Waals surface area (Å²) in [6.45, 7) is 5.97. The van der Waals surface area contributed by atoms with Gasteiger partial charge in [-0.15, -0.1) is 0 Å². The molecule has 0 unspecified atom stereocenters. The fourth-order valence-electron chi connectivity index (χ4n) is 1.05. The van der Waals surface area contributed by atoms with Gasteiger partial charge < -0.3 is 5.11 Å². The van der Waals surface area contributed by atoms with Crippen molar-refractivity contribution in [1.29, 1.82) is 0 Å². The predicted octanol–water partition coefficient (Wildman–Crippen LogP) is 1.10. The molecule has 18 heavy (non-hydrogen) atoms. The number of nitrogens with one attached hydrogen (secondary N) is 1. The topological polar surface area (TPSA) is 96.4 Å². The number of carboxylic acid groups (broad SMARTS) is 1. The minimum Gasteiger partial charge on any atom is -0.478 e. The van der Waals surface area contributed by atoms with Crippen LogP contribution in [0.4, 0.5) is 0 Å². The first kappa shape index (κ1) is 14.6. The number of pyridine rings is 1. The fraction of sp³-hybridized carbons (Fsp3) is 0.455. The highest BCUT2D eigenvalue weighted by Crippen LogP contribution is 2.13. The molecule has 0 saturated carbocycles. The van der Waals surface area contributed by atoms with Crippen molar-refractivity contribution in [3.05, 3.63) is 23.9 Å². The monoisotopic (exact) mass is 272 g/mol. The molecule has 0 spiro atoms. The van der Waals surface area contributed by atoms with Gasteiger partial charge in [-0.1, -0.05) is 20.8 Å². The van der Waals surface area contributed by atoms with E-state index in [1.807, 2.05) is 20.8 Å². The van der Waals surface area contributed by atoms with Crippen LogP contribution in [0.25, 0.3) is 0 Å². The Morgan fingerprint density at radius 2 is 2.00 bits per heavy atom. The van der Waals surface area contributed by atoms with Crippen molar-refractivity contribution in [2.24, 2.45) is 5.41 Å². The van der Waals surface area contributed by atoms with Crippen molar-refractivity contribution in [3.63, 3.8) is 0 Å². The van der Waals surface area contributed by atoms with E-state index in [1.54, 1.807) is 0 Å². The number of hydrogen-bond donors (Lipinski definition) is 2. The summed E-state index contributed by atoms with van der Waals surface area (Å²) in [5.41, 5.74) is -0.238. The molecule has 0 atom stereocenters. The summed E-state index contributed by atoms with van der Waals surface area (Å²) in [4.78, 5) is 14.3. The lowest BCUT2D eigenvalue weighted by atomic mass is 9.98. The lowest BCUT2D eigenvalue weighted by Crippen LogP contribution is -2.32. The Hall–Kier alpha value is -1.47. The van der Waals surface area contributed by atoms with Gasteiger partial charge in [0.05, 0.1) is 5.56 Å². The normalized spacial score (nSPS) is 12.4. The lowest BCUT2D eigenvalue weighted by molar-refractivity contribution is 0.0696. The Bertz CT molecular complexity index is 529. The van der Waals surface area contributed by atoms with E-state index in [1.165, 1.54) is 12.1 Å². The molecule has 1 aromatic rings. The van der Waals surface area contributed by atoms with Crippen LogP contribution in [-0.4, -0.2) is 31.0 Å². The van der Waals surface area contributed by atoms with E-state index in [-0.39, 0.29) is 22.5 Å². The van der Waals surface area contributed by atoms with Crippen LogP contribution in [0.1, 0.15) is 31.1 Å². The molecule has 0 aliphatic heterocycles. The van der Waals surface area contributed by atoms with Gasteiger partial charge >= 0.3 is 5.97 Å². The Balaban J connectivity index is 2.89. The molecule has 0 saturated heterocycles. The molecule has 1 heterocycles. The van der Waals surface area contributed by atoms with E-state index < -0.39 is 16.0 Å². The summed E-state index contributed by atoms with van der Waals surface area (Å²) < 4.78 is 26.1. The molecule has 0 aliphatic carbocycles. The van der Waals surface area contributed by atoms with Crippen molar-refractivity contribution in [2.75, 3.05) is 6.54 Å². The molecule has 100 valence electrons. The predicted molar refractivity (Wildman–Crippen MR) is 65.8 cm³/mol. The maximum absolute atomic E-state index is 11.8. The molecule has 0 radical (unpaired) electrons. The van der Waals surface area contributed by atoms with Crippen LogP contribution in [0.3, 0.4) is 0 Å². The van der Waals surface area contributed by atoms with Crippen molar-refractivity contribution in [2.45, 2.75) is 25.8 Å². The third-order valence-corrected chi connectivity index (χ3v) is 3.37. The highest BCUT2D eigenvalue weighted by atomic mass is 32.2. The Kier molecular flexibility index (Phi) is 4.08. The third-order valence-electron chi connectivity index (χ3n) is 2.05. The molecular formula is C11H16N2O4S. The molecule has 0 bridgehead atoms. The summed E-state index contributed by atoms with van der Waals surface area (Å²) in [6, 6.07) is 2.38. The second kappa shape index (κ2) is 5.03. The summed E-state index contributed by atoms with van der Waals surface area (Å²) in [5, 5.41) is 8.50. The van der Waals surface area contributed by atoms with E-state index in [9.17, 15) is 13.2 Å². The number of carbonyl (C=O) groups is 1. The number of nitrogens with zero attached hydrogens (tertiary/aromatic N) is 1. The van der Waals surface area contributed by atoms with Gasteiger partial charge in [0, 0.05) is 12.7 Å². The average Bonchev–Trinajstić information content (AvgIpc) is 2.26. The molecule has 6 nitrogen and oxygen atoms in total. The zero-order valence-corrected chi connectivity index (χ0v) is 11.3. The van der Waals surface area contributed by atoms with E-state index in [0.29, 0.717) is 0 Å². The van der Waals surface area contributed by atoms with E-state index >= 15 is 0 Å². The maximum atomic E-state index is 11.8. The van der Waals surface area contributed by atoms with Gasteiger partial charge in [0.2, 0.25) is 0 Å². The molecule has 1 rings (SSSR count). The average molecular weight is 272 g/mol. The Labute approximate surface area is 106 Å². The molecule has 0 fully saturated rings. The quantitative estimate of drug-likeness (QED) is 0.855. The number of aromatic nitrogens is 1. The number of hydrogen-bond acceptors (Lipinski definition) is 4. The molecule has 7 heteroatoms. The largest absolute Gasteiger partial charge is 0.478 e. The van der Waals surface area contributed by atoms with Crippen LogP contribution in [0.15, 0.2) is 23.4 Å². The number of carboxylic acids is 1. The van der Waals surface area contributed by atoms with Gasteiger partial charge in [-0.05, 0) is 17.5 Å². The molecular weight excluding hydrogens is 256 g/mol. The van der Waals surface area contributed by atoms with Gasteiger partial charge in [0.15, 0.2) is 5.03 Å². The second-order valence-corrected chi connectivity index (χ2v) is 6.79. The van der Waals surface area contributed by atoms with Crippen molar-refractivity contribution in [1.82, 2.24) is 9.71 Å². The van der Waals surface area contributed by atoms with Crippen LogP contribution in [-0.2, 0) is 10.0 Å². The minimum atomic E-state index is -3.69. The van der Waals surface area contributed by atoms with Crippen molar-refractivity contribution >= 4 is 16.0 Å². The van der Waals surface area contributed by atoms with E-state index in [2.05, 4.69) is 9.71 Å². The van der Waals surface area contributed by atoms with Crippen LogP contribution >= 0.6 is 0 Å².